The van der Waals surface area contributed by atoms with Crippen LogP contribution in [-0.4, -0.2) is 11.7 Å². The molecule has 2 nitrogen and oxygen atoms in total. The van der Waals surface area contributed by atoms with Crippen LogP contribution in [0.1, 0.15) is 5.56 Å². The minimum Gasteiger partial charge on any atom is -0.325 e. The van der Waals surface area contributed by atoms with Gasteiger partial charge in [0.1, 0.15) is 0 Å². The van der Waals surface area contributed by atoms with Gasteiger partial charge in [0, 0.05) is 15.6 Å². The molecule has 0 radical (unpaired) electrons. The van der Waals surface area contributed by atoms with E-state index in [1.165, 1.54) is 23.9 Å². The standard InChI is InChI=1S/C15H11ClF3NOS/c16-11-4-6-13(7-5-11)22-9-14(21)20-12-3-1-2-10(8-12)15(17,18)19/h1-8H,9H2,(H,20,21). The van der Waals surface area contributed by atoms with Crippen molar-refractivity contribution in [2.45, 2.75) is 11.1 Å². The van der Waals surface area contributed by atoms with Crippen molar-refractivity contribution in [3.8, 4) is 0 Å². The molecule has 0 aromatic heterocycles. The van der Waals surface area contributed by atoms with Crippen LogP contribution < -0.4 is 5.32 Å². The molecule has 1 N–H and O–H groups in total. The third-order valence-electron chi connectivity index (χ3n) is 2.66. The number of rotatable bonds is 4. The molecule has 0 unspecified atom stereocenters. The maximum absolute atomic E-state index is 12.6. The Bertz CT molecular complexity index is 659. The lowest BCUT2D eigenvalue weighted by Crippen LogP contribution is -2.15. The summed E-state index contributed by atoms with van der Waals surface area (Å²) in [4.78, 5) is 12.6. The highest BCUT2D eigenvalue weighted by Crippen LogP contribution is 2.30. The Hall–Kier alpha value is -1.66. The molecule has 0 saturated heterocycles. The van der Waals surface area contributed by atoms with Gasteiger partial charge in [-0.3, -0.25) is 4.79 Å². The van der Waals surface area contributed by atoms with Crippen LogP contribution in [0.15, 0.2) is 53.4 Å². The summed E-state index contributed by atoms with van der Waals surface area (Å²) in [6, 6.07) is 11.5. The summed E-state index contributed by atoms with van der Waals surface area (Å²) in [5.74, 6) is -0.281. The van der Waals surface area contributed by atoms with Crippen LogP contribution in [0.5, 0.6) is 0 Å². The number of carbonyl (C=O) groups is 1. The zero-order chi connectivity index (χ0) is 16.2. The molecule has 0 heterocycles. The Morgan fingerprint density at radius 3 is 2.45 bits per heavy atom. The molecule has 22 heavy (non-hydrogen) atoms. The van der Waals surface area contributed by atoms with Gasteiger partial charge in [0.15, 0.2) is 0 Å². The summed E-state index contributed by atoms with van der Waals surface area (Å²) in [6.07, 6.45) is -4.43. The molecule has 2 aromatic carbocycles. The molecule has 0 aliphatic heterocycles. The molecule has 7 heteroatoms. The quantitative estimate of drug-likeness (QED) is 0.782. The first-order valence-electron chi connectivity index (χ1n) is 6.20. The predicted molar refractivity (Wildman–Crippen MR) is 82.2 cm³/mol. The van der Waals surface area contributed by atoms with Gasteiger partial charge in [-0.1, -0.05) is 17.7 Å². The average Bonchev–Trinajstić information content (AvgIpc) is 2.46. The fourth-order valence-corrected chi connectivity index (χ4v) is 2.47. The van der Waals surface area contributed by atoms with Gasteiger partial charge < -0.3 is 5.32 Å². The lowest BCUT2D eigenvalue weighted by Gasteiger charge is -2.09. The van der Waals surface area contributed by atoms with Crippen LogP contribution in [0.2, 0.25) is 5.02 Å². The minimum absolute atomic E-state index is 0.0951. The number of nitrogens with one attached hydrogen (secondary N) is 1. The second kappa shape index (κ2) is 7.07. The van der Waals surface area contributed by atoms with Crippen molar-refractivity contribution >= 4 is 35.0 Å². The predicted octanol–water partition coefficient (Wildman–Crippen LogP) is 5.09. The van der Waals surface area contributed by atoms with Crippen LogP contribution in [0.4, 0.5) is 18.9 Å². The number of hydrogen-bond acceptors (Lipinski definition) is 2. The molecule has 0 aliphatic carbocycles. The fraction of sp³-hybridized carbons (Fsp3) is 0.133. The summed E-state index contributed by atoms with van der Waals surface area (Å²) in [5.41, 5.74) is -0.674. The molecule has 0 fully saturated rings. The number of benzene rings is 2. The number of anilines is 1. The molecule has 0 aliphatic rings. The average molecular weight is 346 g/mol. The third-order valence-corrected chi connectivity index (χ3v) is 3.92. The first kappa shape index (κ1) is 16.7. The van der Waals surface area contributed by atoms with E-state index in [1.54, 1.807) is 24.3 Å². The van der Waals surface area contributed by atoms with E-state index in [1.807, 2.05) is 0 Å². The zero-order valence-corrected chi connectivity index (χ0v) is 12.7. The number of amides is 1. The topological polar surface area (TPSA) is 29.1 Å². The fourth-order valence-electron chi connectivity index (χ4n) is 1.65. The van der Waals surface area contributed by atoms with E-state index in [-0.39, 0.29) is 17.3 Å². The SMILES string of the molecule is O=C(CSc1ccc(Cl)cc1)Nc1cccc(C(F)(F)F)c1. The first-order chi connectivity index (χ1) is 10.3. The highest BCUT2D eigenvalue weighted by atomic mass is 35.5. The third kappa shape index (κ3) is 4.96. The number of hydrogen-bond donors (Lipinski definition) is 1. The molecule has 0 atom stereocenters. The van der Waals surface area contributed by atoms with Crippen molar-refractivity contribution in [2.24, 2.45) is 0 Å². The highest BCUT2D eigenvalue weighted by molar-refractivity contribution is 8.00. The van der Waals surface area contributed by atoms with E-state index in [0.29, 0.717) is 5.02 Å². The van der Waals surface area contributed by atoms with Crippen LogP contribution in [0.25, 0.3) is 0 Å². The molecule has 0 bridgehead atoms. The van der Waals surface area contributed by atoms with Crippen molar-refractivity contribution in [3.05, 3.63) is 59.1 Å². The lowest BCUT2D eigenvalue weighted by molar-refractivity contribution is -0.137. The lowest BCUT2D eigenvalue weighted by atomic mass is 10.2. The van der Waals surface area contributed by atoms with Crippen LogP contribution in [0.3, 0.4) is 0 Å². The Kier molecular flexibility index (Phi) is 5.37. The number of thioether (sulfide) groups is 1. The molecule has 116 valence electrons. The monoisotopic (exact) mass is 345 g/mol. The second-order valence-electron chi connectivity index (χ2n) is 4.37. The van der Waals surface area contributed by atoms with Gasteiger partial charge in [0.25, 0.3) is 0 Å². The van der Waals surface area contributed by atoms with Gasteiger partial charge in [-0.15, -0.1) is 11.8 Å². The van der Waals surface area contributed by atoms with Crippen molar-refractivity contribution in [1.82, 2.24) is 0 Å². The maximum Gasteiger partial charge on any atom is 0.416 e. The van der Waals surface area contributed by atoms with E-state index < -0.39 is 11.7 Å². The summed E-state index contributed by atoms with van der Waals surface area (Å²) in [6.45, 7) is 0. The maximum atomic E-state index is 12.6. The Morgan fingerprint density at radius 1 is 1.14 bits per heavy atom. The number of alkyl halides is 3. The summed E-state index contributed by atoms with van der Waals surface area (Å²) < 4.78 is 37.7. The summed E-state index contributed by atoms with van der Waals surface area (Å²) >= 11 is 7.03. The van der Waals surface area contributed by atoms with Gasteiger partial charge in [0.2, 0.25) is 5.91 Å². The van der Waals surface area contributed by atoms with Gasteiger partial charge >= 0.3 is 6.18 Å². The molecule has 2 aromatic rings. The van der Waals surface area contributed by atoms with Gasteiger partial charge in [-0.2, -0.15) is 13.2 Å². The normalized spacial score (nSPS) is 11.3. The molecule has 0 spiro atoms. The molecular formula is C15H11ClF3NOS. The zero-order valence-electron chi connectivity index (χ0n) is 11.2. The minimum atomic E-state index is -4.43. The smallest absolute Gasteiger partial charge is 0.325 e. The van der Waals surface area contributed by atoms with Crippen molar-refractivity contribution < 1.29 is 18.0 Å². The van der Waals surface area contributed by atoms with E-state index in [0.717, 1.165) is 17.0 Å². The second-order valence-corrected chi connectivity index (χ2v) is 5.85. The number of carbonyl (C=O) groups excluding carboxylic acids is 1. The molecular weight excluding hydrogens is 335 g/mol. The number of halogens is 4. The van der Waals surface area contributed by atoms with Crippen LogP contribution >= 0.6 is 23.4 Å². The van der Waals surface area contributed by atoms with Gasteiger partial charge in [-0.05, 0) is 42.5 Å². The molecule has 1 amide bonds. The summed E-state index contributed by atoms with van der Waals surface area (Å²) in [7, 11) is 0. The van der Waals surface area contributed by atoms with Crippen molar-refractivity contribution in [3.63, 3.8) is 0 Å². The van der Waals surface area contributed by atoms with Gasteiger partial charge in [0.05, 0.1) is 11.3 Å². The van der Waals surface area contributed by atoms with E-state index in [2.05, 4.69) is 5.32 Å². The van der Waals surface area contributed by atoms with E-state index in [4.69, 9.17) is 11.6 Å². The Morgan fingerprint density at radius 2 is 1.82 bits per heavy atom. The van der Waals surface area contributed by atoms with Crippen LogP contribution in [-0.2, 0) is 11.0 Å². The highest BCUT2D eigenvalue weighted by Gasteiger charge is 2.30. The van der Waals surface area contributed by atoms with E-state index in [9.17, 15) is 18.0 Å². The van der Waals surface area contributed by atoms with Crippen LogP contribution in [0, 0.1) is 0 Å². The van der Waals surface area contributed by atoms with Crippen molar-refractivity contribution in [1.29, 1.82) is 0 Å². The molecule has 0 saturated carbocycles. The van der Waals surface area contributed by atoms with E-state index >= 15 is 0 Å². The van der Waals surface area contributed by atoms with Gasteiger partial charge in [-0.25, -0.2) is 0 Å². The Balaban J connectivity index is 1.93. The largest absolute Gasteiger partial charge is 0.416 e. The first-order valence-corrected chi connectivity index (χ1v) is 7.56. The van der Waals surface area contributed by atoms with Crippen molar-refractivity contribution in [2.75, 3.05) is 11.1 Å². The Labute approximate surface area is 134 Å². The summed E-state index contributed by atoms with van der Waals surface area (Å²) in [5, 5.41) is 3.05. The molecule has 2 rings (SSSR count).